The topological polar surface area (TPSA) is 61.3 Å². The zero-order valence-electron chi connectivity index (χ0n) is 9.91. The van der Waals surface area contributed by atoms with Crippen LogP contribution in [0.15, 0.2) is 22.7 Å². The van der Waals surface area contributed by atoms with E-state index in [1.807, 2.05) is 0 Å². The molecule has 0 bridgehead atoms. The minimum atomic E-state index is -2.63. The molecule has 2 rings (SSSR count). The van der Waals surface area contributed by atoms with E-state index in [2.05, 4.69) is 5.16 Å². The quantitative estimate of drug-likeness (QED) is 0.913. The van der Waals surface area contributed by atoms with Crippen molar-refractivity contribution < 1.29 is 18.0 Å². The van der Waals surface area contributed by atoms with Gasteiger partial charge in [0, 0.05) is 6.07 Å². The average Bonchev–Trinajstić information content (AvgIpc) is 2.74. The Morgan fingerprint density at radius 2 is 2.06 bits per heavy atom. The molecule has 2 N–H and O–H groups in total. The fourth-order valence-electron chi connectivity index (χ4n) is 1.79. The number of ether oxygens (including phenoxy) is 1. The minimum Gasteiger partial charge on any atom is -0.495 e. The lowest BCUT2D eigenvalue weighted by Crippen LogP contribution is -1.96. The lowest BCUT2D eigenvalue weighted by molar-refractivity contribution is 0.147. The van der Waals surface area contributed by atoms with Crippen LogP contribution in [0, 0.1) is 6.92 Å². The van der Waals surface area contributed by atoms with E-state index in [9.17, 15) is 8.78 Å². The molecule has 0 unspecified atom stereocenters. The van der Waals surface area contributed by atoms with Crippen LogP contribution in [0.1, 0.15) is 17.6 Å². The molecule has 0 amide bonds. The summed E-state index contributed by atoms with van der Waals surface area (Å²) in [6, 6.07) is 4.53. The van der Waals surface area contributed by atoms with Crippen LogP contribution in [0.3, 0.4) is 0 Å². The summed E-state index contributed by atoms with van der Waals surface area (Å²) in [6.45, 7) is 1.72. The smallest absolute Gasteiger partial charge is 0.267 e. The van der Waals surface area contributed by atoms with Gasteiger partial charge in [0.15, 0.2) is 11.6 Å². The number of halogens is 2. The van der Waals surface area contributed by atoms with Crippen molar-refractivity contribution in [3.05, 3.63) is 29.3 Å². The molecule has 0 fully saturated rings. The van der Waals surface area contributed by atoms with Crippen LogP contribution in [-0.2, 0) is 0 Å². The maximum Gasteiger partial charge on any atom is 0.267 e. The van der Waals surface area contributed by atoms with E-state index >= 15 is 0 Å². The number of nitrogens with two attached hydrogens (primary N) is 1. The number of hydrogen-bond acceptors (Lipinski definition) is 4. The molecule has 2 aromatic rings. The van der Waals surface area contributed by atoms with Crippen LogP contribution in [0.5, 0.6) is 5.75 Å². The SMILES string of the molecule is COc1c(-c2cc(N)no2)cc(C)cc1C(F)F. The van der Waals surface area contributed by atoms with Crippen molar-refractivity contribution in [2.45, 2.75) is 13.3 Å². The molecule has 0 aliphatic carbocycles. The highest BCUT2D eigenvalue weighted by Gasteiger charge is 2.21. The molecule has 1 aromatic carbocycles. The summed E-state index contributed by atoms with van der Waals surface area (Å²) >= 11 is 0. The number of anilines is 1. The average molecular weight is 254 g/mol. The molecule has 0 radical (unpaired) electrons. The number of aromatic nitrogens is 1. The van der Waals surface area contributed by atoms with Gasteiger partial charge in [0.2, 0.25) is 0 Å². The van der Waals surface area contributed by atoms with E-state index in [-0.39, 0.29) is 17.1 Å². The highest BCUT2D eigenvalue weighted by molar-refractivity contribution is 5.70. The summed E-state index contributed by atoms with van der Waals surface area (Å²) in [5.74, 6) is 0.564. The van der Waals surface area contributed by atoms with E-state index in [4.69, 9.17) is 15.0 Å². The van der Waals surface area contributed by atoms with Crippen LogP contribution in [0.4, 0.5) is 14.6 Å². The molecule has 0 saturated heterocycles. The first kappa shape index (κ1) is 12.3. The fraction of sp³-hybridized carbons (Fsp3) is 0.250. The Hall–Kier alpha value is -2.11. The molecule has 1 heterocycles. The van der Waals surface area contributed by atoms with E-state index in [0.717, 1.165) is 0 Å². The Balaban J connectivity index is 2.65. The number of nitrogens with zero attached hydrogens (tertiary/aromatic N) is 1. The maximum absolute atomic E-state index is 12.9. The van der Waals surface area contributed by atoms with Crippen molar-refractivity contribution in [3.8, 4) is 17.1 Å². The molecule has 0 aliphatic rings. The van der Waals surface area contributed by atoms with Gasteiger partial charge in [-0.05, 0) is 24.6 Å². The first-order valence-corrected chi connectivity index (χ1v) is 5.22. The second-order valence-electron chi connectivity index (χ2n) is 3.85. The molecule has 4 nitrogen and oxygen atoms in total. The Morgan fingerprint density at radius 1 is 1.33 bits per heavy atom. The number of rotatable bonds is 3. The summed E-state index contributed by atoms with van der Waals surface area (Å²) in [7, 11) is 1.33. The van der Waals surface area contributed by atoms with Gasteiger partial charge in [0.25, 0.3) is 6.43 Å². The molecular weight excluding hydrogens is 242 g/mol. The highest BCUT2D eigenvalue weighted by atomic mass is 19.3. The number of aryl methyl sites for hydroxylation is 1. The van der Waals surface area contributed by atoms with Crippen molar-refractivity contribution in [1.82, 2.24) is 5.16 Å². The number of nitrogen functional groups attached to an aromatic ring is 1. The monoisotopic (exact) mass is 254 g/mol. The Labute approximate surface area is 102 Å². The van der Waals surface area contributed by atoms with Crippen LogP contribution in [0.25, 0.3) is 11.3 Å². The zero-order valence-corrected chi connectivity index (χ0v) is 9.91. The Bertz CT molecular complexity index is 567. The molecule has 18 heavy (non-hydrogen) atoms. The van der Waals surface area contributed by atoms with Crippen LogP contribution >= 0.6 is 0 Å². The zero-order chi connectivity index (χ0) is 13.3. The molecule has 6 heteroatoms. The lowest BCUT2D eigenvalue weighted by atomic mass is 10.0. The van der Waals surface area contributed by atoms with Crippen molar-refractivity contribution in [3.63, 3.8) is 0 Å². The third-order valence-electron chi connectivity index (χ3n) is 2.50. The number of hydrogen-bond donors (Lipinski definition) is 1. The van der Waals surface area contributed by atoms with Crippen molar-refractivity contribution >= 4 is 5.82 Å². The predicted molar refractivity (Wildman–Crippen MR) is 62.6 cm³/mol. The molecule has 0 atom stereocenters. The van der Waals surface area contributed by atoms with Gasteiger partial charge in [-0.2, -0.15) is 0 Å². The lowest BCUT2D eigenvalue weighted by Gasteiger charge is -2.12. The Morgan fingerprint density at radius 3 is 2.56 bits per heavy atom. The molecule has 1 aromatic heterocycles. The molecule has 96 valence electrons. The normalized spacial score (nSPS) is 10.9. The summed E-state index contributed by atoms with van der Waals surface area (Å²) < 4.78 is 35.9. The van der Waals surface area contributed by atoms with Gasteiger partial charge in [0.1, 0.15) is 5.75 Å². The standard InChI is InChI=1S/C12H12F2N2O2/c1-6-3-7(9-5-10(15)16-18-9)11(17-2)8(4-6)12(13)14/h3-5,12H,1-2H3,(H2,15,16). The summed E-state index contributed by atoms with van der Waals surface area (Å²) in [5, 5.41) is 3.53. The van der Waals surface area contributed by atoms with Crippen molar-refractivity contribution in [2.24, 2.45) is 0 Å². The molecule has 0 aliphatic heterocycles. The molecule has 0 saturated carbocycles. The molecule has 0 spiro atoms. The highest BCUT2D eigenvalue weighted by Crippen LogP contribution is 2.39. The van der Waals surface area contributed by atoms with Crippen molar-refractivity contribution in [1.29, 1.82) is 0 Å². The maximum atomic E-state index is 12.9. The second-order valence-corrected chi connectivity index (χ2v) is 3.85. The van der Waals surface area contributed by atoms with Crippen molar-refractivity contribution in [2.75, 3.05) is 12.8 Å². The first-order chi connectivity index (χ1) is 8.52. The summed E-state index contributed by atoms with van der Waals surface area (Å²) in [6.07, 6.45) is -2.63. The summed E-state index contributed by atoms with van der Waals surface area (Å²) in [5.41, 5.74) is 6.36. The van der Waals surface area contributed by atoms with Gasteiger partial charge in [-0.15, -0.1) is 0 Å². The number of benzene rings is 1. The van der Waals surface area contributed by atoms with Crippen LogP contribution in [0.2, 0.25) is 0 Å². The number of methoxy groups -OCH3 is 1. The fourth-order valence-corrected chi connectivity index (χ4v) is 1.79. The van der Waals surface area contributed by atoms with E-state index in [1.165, 1.54) is 19.2 Å². The largest absolute Gasteiger partial charge is 0.495 e. The third-order valence-corrected chi connectivity index (χ3v) is 2.50. The van der Waals surface area contributed by atoms with Crippen LogP contribution in [-0.4, -0.2) is 12.3 Å². The van der Waals surface area contributed by atoms with Gasteiger partial charge in [0.05, 0.1) is 18.2 Å². The first-order valence-electron chi connectivity index (χ1n) is 5.22. The second kappa shape index (κ2) is 4.64. The molecular formula is C12H12F2N2O2. The van der Waals surface area contributed by atoms with E-state index in [0.29, 0.717) is 16.9 Å². The number of alkyl halides is 2. The minimum absolute atomic E-state index is 0.0757. The van der Waals surface area contributed by atoms with E-state index < -0.39 is 6.43 Å². The third kappa shape index (κ3) is 2.13. The van der Waals surface area contributed by atoms with Gasteiger partial charge in [-0.25, -0.2) is 8.78 Å². The van der Waals surface area contributed by atoms with Crippen LogP contribution < -0.4 is 10.5 Å². The van der Waals surface area contributed by atoms with Gasteiger partial charge in [-0.1, -0.05) is 5.16 Å². The predicted octanol–water partition coefficient (Wildman–Crippen LogP) is 3.18. The summed E-state index contributed by atoms with van der Waals surface area (Å²) in [4.78, 5) is 0. The van der Waals surface area contributed by atoms with Gasteiger partial charge in [-0.3, -0.25) is 0 Å². The van der Waals surface area contributed by atoms with Gasteiger partial charge >= 0.3 is 0 Å². The van der Waals surface area contributed by atoms with Gasteiger partial charge < -0.3 is 15.0 Å². The van der Waals surface area contributed by atoms with E-state index in [1.54, 1.807) is 13.0 Å². The Kier molecular flexibility index (Phi) is 3.18.